The molecular formula is C11H18N4O. The summed E-state index contributed by atoms with van der Waals surface area (Å²) in [7, 11) is 0. The van der Waals surface area contributed by atoms with E-state index < -0.39 is 0 Å². The lowest BCUT2D eigenvalue weighted by Crippen LogP contribution is -2.16. The van der Waals surface area contributed by atoms with Crippen molar-refractivity contribution in [3.63, 3.8) is 0 Å². The van der Waals surface area contributed by atoms with Crippen LogP contribution in [0.25, 0.3) is 0 Å². The minimum atomic E-state index is -0.333. The van der Waals surface area contributed by atoms with Gasteiger partial charge in [-0.3, -0.25) is 4.79 Å². The van der Waals surface area contributed by atoms with Crippen molar-refractivity contribution in [2.45, 2.75) is 45.6 Å². The Balaban J connectivity index is 2.17. The van der Waals surface area contributed by atoms with Gasteiger partial charge in [0, 0.05) is 6.54 Å². The van der Waals surface area contributed by atoms with E-state index in [2.05, 4.69) is 17.2 Å². The molecule has 16 heavy (non-hydrogen) atoms. The fourth-order valence-corrected chi connectivity index (χ4v) is 1.88. The summed E-state index contributed by atoms with van der Waals surface area (Å²) in [5.74, 6) is 0.432. The van der Waals surface area contributed by atoms with Gasteiger partial charge in [0.15, 0.2) is 0 Å². The molecule has 2 N–H and O–H groups in total. The fraction of sp³-hybridized carbons (Fsp3) is 0.727. The van der Waals surface area contributed by atoms with Gasteiger partial charge >= 0.3 is 0 Å². The Labute approximate surface area is 95.0 Å². The number of carbonyl (C=O) groups excluding carboxylic acids is 1. The molecule has 1 saturated carbocycles. The van der Waals surface area contributed by atoms with Crippen molar-refractivity contribution in [2.24, 2.45) is 11.7 Å². The second-order valence-electron chi connectivity index (χ2n) is 4.50. The summed E-state index contributed by atoms with van der Waals surface area (Å²) < 4.78 is 1.93. The highest BCUT2D eigenvalue weighted by atomic mass is 16.1. The van der Waals surface area contributed by atoms with Crippen molar-refractivity contribution in [1.82, 2.24) is 15.0 Å². The average Bonchev–Trinajstić information content (AvgIpc) is 2.96. The Kier molecular flexibility index (Phi) is 3.22. The molecule has 1 amide bonds. The molecule has 5 heteroatoms. The third kappa shape index (κ3) is 2.59. The molecule has 0 aliphatic heterocycles. The lowest BCUT2D eigenvalue weighted by atomic mass is 10.1. The molecule has 0 spiro atoms. The molecule has 88 valence electrons. The fourth-order valence-electron chi connectivity index (χ4n) is 1.88. The molecule has 1 fully saturated rings. The highest BCUT2D eigenvalue weighted by Gasteiger charge is 2.26. The quantitative estimate of drug-likeness (QED) is 0.768. The number of hydrogen-bond donors (Lipinski definition) is 1. The second kappa shape index (κ2) is 4.63. The van der Waals surface area contributed by atoms with E-state index in [9.17, 15) is 4.79 Å². The first-order valence-corrected chi connectivity index (χ1v) is 5.90. The van der Waals surface area contributed by atoms with Gasteiger partial charge in [-0.15, -0.1) is 5.10 Å². The average molecular weight is 222 g/mol. The number of nitrogens with two attached hydrogens (primary N) is 1. The van der Waals surface area contributed by atoms with E-state index in [0.29, 0.717) is 0 Å². The van der Waals surface area contributed by atoms with E-state index in [0.717, 1.165) is 36.7 Å². The van der Waals surface area contributed by atoms with Crippen LogP contribution in [0.4, 0.5) is 0 Å². The number of rotatable bonds is 6. The number of aromatic nitrogens is 3. The number of primary amides is 1. The summed E-state index contributed by atoms with van der Waals surface area (Å²) in [4.78, 5) is 10.9. The first-order valence-electron chi connectivity index (χ1n) is 5.90. The topological polar surface area (TPSA) is 73.8 Å². The van der Waals surface area contributed by atoms with Crippen LogP contribution in [0.3, 0.4) is 0 Å². The summed E-state index contributed by atoms with van der Waals surface area (Å²) in [6.45, 7) is 2.98. The molecule has 0 bridgehead atoms. The molecule has 0 atom stereocenters. The van der Waals surface area contributed by atoms with Gasteiger partial charge in [-0.05, 0) is 31.6 Å². The van der Waals surface area contributed by atoms with Gasteiger partial charge < -0.3 is 5.73 Å². The third-order valence-electron chi connectivity index (χ3n) is 2.87. The van der Waals surface area contributed by atoms with Gasteiger partial charge in [0.05, 0.1) is 17.8 Å². The SMILES string of the molecule is CCCn1nnc(CC(N)=O)c1CC1CC1. The zero-order chi connectivity index (χ0) is 11.5. The zero-order valence-corrected chi connectivity index (χ0v) is 9.65. The van der Waals surface area contributed by atoms with Gasteiger partial charge in [0.2, 0.25) is 5.91 Å². The van der Waals surface area contributed by atoms with Crippen LogP contribution in [0.5, 0.6) is 0 Å². The van der Waals surface area contributed by atoms with Crippen molar-refractivity contribution in [3.8, 4) is 0 Å². The molecule has 1 aromatic heterocycles. The monoisotopic (exact) mass is 222 g/mol. The maximum atomic E-state index is 10.9. The van der Waals surface area contributed by atoms with Crippen LogP contribution in [0.1, 0.15) is 37.6 Å². The number of amides is 1. The number of aryl methyl sites for hydroxylation is 1. The molecule has 0 aromatic carbocycles. The van der Waals surface area contributed by atoms with Crippen molar-refractivity contribution in [3.05, 3.63) is 11.4 Å². The molecule has 0 saturated heterocycles. The highest BCUT2D eigenvalue weighted by molar-refractivity contribution is 5.76. The van der Waals surface area contributed by atoms with Crippen LogP contribution >= 0.6 is 0 Å². The zero-order valence-electron chi connectivity index (χ0n) is 9.65. The molecule has 0 radical (unpaired) electrons. The minimum Gasteiger partial charge on any atom is -0.369 e. The lowest BCUT2D eigenvalue weighted by Gasteiger charge is -2.05. The number of nitrogens with zero attached hydrogens (tertiary/aromatic N) is 3. The minimum absolute atomic E-state index is 0.214. The predicted octanol–water partition coefficient (Wildman–Crippen LogP) is 0.668. The highest BCUT2D eigenvalue weighted by Crippen LogP contribution is 2.33. The molecule has 5 nitrogen and oxygen atoms in total. The van der Waals surface area contributed by atoms with E-state index >= 15 is 0 Å². The van der Waals surface area contributed by atoms with Crippen molar-refractivity contribution in [2.75, 3.05) is 0 Å². The van der Waals surface area contributed by atoms with Crippen LogP contribution in [0.15, 0.2) is 0 Å². The number of hydrogen-bond acceptors (Lipinski definition) is 3. The summed E-state index contributed by atoms with van der Waals surface area (Å²) in [6.07, 6.45) is 4.80. The molecule has 1 heterocycles. The van der Waals surface area contributed by atoms with Crippen LogP contribution < -0.4 is 5.73 Å². The Morgan fingerprint density at radius 2 is 2.31 bits per heavy atom. The predicted molar refractivity (Wildman–Crippen MR) is 59.6 cm³/mol. The van der Waals surface area contributed by atoms with Crippen LogP contribution in [-0.2, 0) is 24.2 Å². The summed E-state index contributed by atoms with van der Waals surface area (Å²) in [5.41, 5.74) is 7.09. The largest absolute Gasteiger partial charge is 0.369 e. The van der Waals surface area contributed by atoms with Gasteiger partial charge in [-0.1, -0.05) is 12.1 Å². The Morgan fingerprint density at radius 3 is 2.88 bits per heavy atom. The molecule has 1 aromatic rings. The maximum absolute atomic E-state index is 10.9. The lowest BCUT2D eigenvalue weighted by molar-refractivity contribution is -0.117. The van der Waals surface area contributed by atoms with E-state index in [4.69, 9.17) is 5.73 Å². The number of carbonyl (C=O) groups is 1. The first kappa shape index (κ1) is 11.1. The van der Waals surface area contributed by atoms with Crippen molar-refractivity contribution >= 4 is 5.91 Å². The molecule has 0 unspecified atom stereocenters. The van der Waals surface area contributed by atoms with Crippen LogP contribution in [0, 0.1) is 5.92 Å². The van der Waals surface area contributed by atoms with Gasteiger partial charge in [-0.25, -0.2) is 4.68 Å². The van der Waals surface area contributed by atoms with E-state index in [1.807, 2.05) is 4.68 Å². The third-order valence-corrected chi connectivity index (χ3v) is 2.87. The first-order chi connectivity index (χ1) is 7.70. The molecule has 1 aliphatic carbocycles. The summed E-state index contributed by atoms with van der Waals surface area (Å²) in [5, 5.41) is 8.17. The Morgan fingerprint density at radius 1 is 1.56 bits per heavy atom. The second-order valence-corrected chi connectivity index (χ2v) is 4.50. The van der Waals surface area contributed by atoms with Crippen LogP contribution in [-0.4, -0.2) is 20.9 Å². The van der Waals surface area contributed by atoms with E-state index in [1.165, 1.54) is 12.8 Å². The summed E-state index contributed by atoms with van der Waals surface area (Å²) in [6, 6.07) is 0. The van der Waals surface area contributed by atoms with E-state index in [1.54, 1.807) is 0 Å². The van der Waals surface area contributed by atoms with Gasteiger partial charge in [0.1, 0.15) is 0 Å². The standard InChI is InChI=1S/C11H18N4O/c1-2-5-15-10(6-8-3-4-8)9(13-14-15)7-11(12)16/h8H,2-7H2,1H3,(H2,12,16). The smallest absolute Gasteiger partial charge is 0.223 e. The van der Waals surface area contributed by atoms with E-state index in [-0.39, 0.29) is 12.3 Å². The normalized spacial score (nSPS) is 15.3. The molecule has 1 aliphatic rings. The van der Waals surface area contributed by atoms with Crippen LogP contribution in [0.2, 0.25) is 0 Å². The Hall–Kier alpha value is -1.39. The summed E-state index contributed by atoms with van der Waals surface area (Å²) >= 11 is 0. The molecule has 2 rings (SSSR count). The van der Waals surface area contributed by atoms with Gasteiger partial charge in [0.25, 0.3) is 0 Å². The van der Waals surface area contributed by atoms with Crippen molar-refractivity contribution < 1.29 is 4.79 Å². The Bertz CT molecular complexity index is 381. The maximum Gasteiger partial charge on any atom is 0.223 e. The molecular weight excluding hydrogens is 204 g/mol. The van der Waals surface area contributed by atoms with Crippen molar-refractivity contribution in [1.29, 1.82) is 0 Å². The van der Waals surface area contributed by atoms with Gasteiger partial charge in [-0.2, -0.15) is 0 Å².